The SMILES string of the molecule is CCCCOC(=O)Nc1c[nH]c2c(F)cc(Br)cc12. The second-order valence-corrected chi connectivity index (χ2v) is 5.04. The van der Waals surface area contributed by atoms with Crippen molar-refractivity contribution in [3.63, 3.8) is 0 Å². The van der Waals surface area contributed by atoms with E-state index in [2.05, 4.69) is 26.2 Å². The molecule has 2 N–H and O–H groups in total. The summed E-state index contributed by atoms with van der Waals surface area (Å²) in [6.45, 7) is 2.39. The van der Waals surface area contributed by atoms with Gasteiger partial charge >= 0.3 is 6.09 Å². The Morgan fingerprint density at radius 3 is 3.05 bits per heavy atom. The molecule has 1 amide bonds. The number of hydrogen-bond acceptors (Lipinski definition) is 2. The van der Waals surface area contributed by atoms with Crippen molar-refractivity contribution in [2.75, 3.05) is 11.9 Å². The summed E-state index contributed by atoms with van der Waals surface area (Å²) in [6, 6.07) is 3.10. The minimum absolute atomic E-state index is 0.354. The first-order chi connectivity index (χ1) is 9.11. The number of carbonyl (C=O) groups is 1. The van der Waals surface area contributed by atoms with Gasteiger partial charge in [0.05, 0.1) is 17.8 Å². The molecule has 0 aliphatic carbocycles. The Morgan fingerprint density at radius 2 is 2.32 bits per heavy atom. The van der Waals surface area contributed by atoms with E-state index in [9.17, 15) is 9.18 Å². The second kappa shape index (κ2) is 6.06. The fourth-order valence-corrected chi connectivity index (χ4v) is 2.14. The van der Waals surface area contributed by atoms with Crippen LogP contribution in [0.25, 0.3) is 10.9 Å². The van der Waals surface area contributed by atoms with Gasteiger partial charge in [-0.2, -0.15) is 0 Å². The number of ether oxygens (including phenoxy) is 1. The molecule has 0 saturated carbocycles. The van der Waals surface area contributed by atoms with Crippen molar-refractivity contribution >= 4 is 38.6 Å². The van der Waals surface area contributed by atoms with E-state index in [0.717, 1.165) is 12.8 Å². The molecule has 2 aromatic rings. The number of fused-ring (bicyclic) bond motifs is 1. The molecule has 1 heterocycles. The van der Waals surface area contributed by atoms with Crippen LogP contribution in [-0.2, 0) is 4.74 Å². The lowest BCUT2D eigenvalue weighted by Gasteiger charge is -2.05. The molecule has 0 saturated heterocycles. The van der Waals surface area contributed by atoms with Gasteiger partial charge in [-0.25, -0.2) is 9.18 Å². The molecule has 102 valence electrons. The third-order valence-corrected chi connectivity index (χ3v) is 3.13. The molecule has 0 atom stereocenters. The number of benzene rings is 1. The van der Waals surface area contributed by atoms with Crippen molar-refractivity contribution in [2.24, 2.45) is 0 Å². The Hall–Kier alpha value is -1.56. The fourth-order valence-electron chi connectivity index (χ4n) is 1.71. The van der Waals surface area contributed by atoms with Crippen molar-refractivity contribution in [1.29, 1.82) is 0 Å². The van der Waals surface area contributed by atoms with Crippen LogP contribution in [0, 0.1) is 5.82 Å². The number of rotatable bonds is 4. The zero-order chi connectivity index (χ0) is 13.8. The molecule has 1 aromatic heterocycles. The lowest BCUT2D eigenvalue weighted by atomic mass is 10.2. The molecule has 0 bridgehead atoms. The van der Waals surface area contributed by atoms with E-state index in [-0.39, 0.29) is 5.82 Å². The molecule has 0 fully saturated rings. The lowest BCUT2D eigenvalue weighted by Crippen LogP contribution is -2.14. The highest BCUT2D eigenvalue weighted by molar-refractivity contribution is 9.10. The highest BCUT2D eigenvalue weighted by Crippen LogP contribution is 2.28. The normalized spacial score (nSPS) is 10.7. The van der Waals surface area contributed by atoms with E-state index in [4.69, 9.17) is 4.74 Å². The molecule has 4 nitrogen and oxygen atoms in total. The summed E-state index contributed by atoms with van der Waals surface area (Å²) in [7, 11) is 0. The molecular weight excluding hydrogens is 315 g/mol. The first-order valence-corrected chi connectivity index (χ1v) is 6.81. The Balaban J connectivity index is 2.15. The Morgan fingerprint density at radius 1 is 1.53 bits per heavy atom. The maximum absolute atomic E-state index is 13.6. The largest absolute Gasteiger partial charge is 0.449 e. The molecule has 0 aliphatic rings. The molecule has 0 unspecified atom stereocenters. The van der Waals surface area contributed by atoms with Crippen LogP contribution in [0.15, 0.2) is 22.8 Å². The highest BCUT2D eigenvalue weighted by Gasteiger charge is 2.11. The van der Waals surface area contributed by atoms with Crippen molar-refractivity contribution in [3.05, 3.63) is 28.6 Å². The summed E-state index contributed by atoms with van der Waals surface area (Å²) in [6.07, 6.45) is 2.79. The molecule has 19 heavy (non-hydrogen) atoms. The molecule has 6 heteroatoms. The van der Waals surface area contributed by atoms with Gasteiger partial charge in [0.15, 0.2) is 0 Å². The molecule has 2 rings (SSSR count). The van der Waals surface area contributed by atoms with Gasteiger partial charge in [0.2, 0.25) is 0 Å². The summed E-state index contributed by atoms with van der Waals surface area (Å²) in [5.41, 5.74) is 0.851. The minimum atomic E-state index is -0.533. The van der Waals surface area contributed by atoms with Crippen LogP contribution < -0.4 is 5.32 Å². The number of amides is 1. The average molecular weight is 329 g/mol. The van der Waals surface area contributed by atoms with Crippen LogP contribution in [0.3, 0.4) is 0 Å². The number of nitrogens with one attached hydrogen (secondary N) is 2. The Labute approximate surface area is 118 Å². The van der Waals surface area contributed by atoms with Crippen molar-refractivity contribution < 1.29 is 13.9 Å². The predicted octanol–water partition coefficient (Wildman–Crippen LogP) is 4.42. The van der Waals surface area contributed by atoms with E-state index < -0.39 is 6.09 Å². The Bertz CT molecular complexity index is 598. The predicted molar refractivity (Wildman–Crippen MR) is 75.8 cm³/mol. The van der Waals surface area contributed by atoms with Crippen molar-refractivity contribution in [2.45, 2.75) is 19.8 Å². The number of unbranched alkanes of at least 4 members (excludes halogenated alkanes) is 1. The van der Waals surface area contributed by atoms with Gasteiger partial charge in [-0.05, 0) is 18.6 Å². The van der Waals surface area contributed by atoms with Crippen LogP contribution in [0.2, 0.25) is 0 Å². The fraction of sp³-hybridized carbons (Fsp3) is 0.308. The first kappa shape index (κ1) is 13.9. The number of H-pyrrole nitrogens is 1. The van der Waals surface area contributed by atoms with Crippen LogP contribution in [0.1, 0.15) is 19.8 Å². The third-order valence-electron chi connectivity index (χ3n) is 2.67. The maximum atomic E-state index is 13.6. The number of carbonyl (C=O) groups excluding carboxylic acids is 1. The van der Waals surface area contributed by atoms with Crippen LogP contribution in [0.4, 0.5) is 14.9 Å². The summed E-state index contributed by atoms with van der Waals surface area (Å²) in [5.74, 6) is -0.378. The van der Waals surface area contributed by atoms with Crippen LogP contribution in [-0.4, -0.2) is 17.7 Å². The number of halogens is 2. The minimum Gasteiger partial charge on any atom is -0.449 e. The molecular formula is C13H14BrFN2O2. The zero-order valence-electron chi connectivity index (χ0n) is 10.4. The van der Waals surface area contributed by atoms with E-state index in [1.165, 1.54) is 6.07 Å². The summed E-state index contributed by atoms with van der Waals surface area (Å²) < 4.78 is 19.2. The second-order valence-electron chi connectivity index (χ2n) is 4.13. The van der Waals surface area contributed by atoms with Gasteiger partial charge < -0.3 is 9.72 Å². The smallest absolute Gasteiger partial charge is 0.411 e. The van der Waals surface area contributed by atoms with E-state index in [1.807, 2.05) is 6.92 Å². The highest BCUT2D eigenvalue weighted by atomic mass is 79.9. The van der Waals surface area contributed by atoms with Gasteiger partial charge in [-0.3, -0.25) is 5.32 Å². The van der Waals surface area contributed by atoms with Gasteiger partial charge in [-0.1, -0.05) is 29.3 Å². The quantitative estimate of drug-likeness (QED) is 0.816. The van der Waals surface area contributed by atoms with Gasteiger partial charge in [0.1, 0.15) is 5.82 Å². The Kier molecular flexibility index (Phi) is 4.42. The summed E-state index contributed by atoms with van der Waals surface area (Å²) >= 11 is 3.22. The molecule has 1 aromatic carbocycles. The van der Waals surface area contributed by atoms with Crippen LogP contribution >= 0.6 is 15.9 Å². The van der Waals surface area contributed by atoms with Crippen LogP contribution in [0.5, 0.6) is 0 Å². The molecule has 0 radical (unpaired) electrons. The van der Waals surface area contributed by atoms with Gasteiger partial charge in [-0.15, -0.1) is 0 Å². The lowest BCUT2D eigenvalue weighted by molar-refractivity contribution is 0.160. The standard InChI is InChI=1S/C13H14BrFN2O2/c1-2-3-4-19-13(18)17-11-7-16-12-9(11)5-8(14)6-10(12)15/h5-7,16H,2-4H2,1H3,(H,17,18). The van der Waals surface area contributed by atoms with Crippen molar-refractivity contribution in [3.8, 4) is 0 Å². The third kappa shape index (κ3) is 3.26. The van der Waals surface area contributed by atoms with Gasteiger partial charge in [0, 0.05) is 16.1 Å². The number of hydrogen-bond donors (Lipinski definition) is 2. The zero-order valence-corrected chi connectivity index (χ0v) is 12.0. The monoisotopic (exact) mass is 328 g/mol. The number of anilines is 1. The van der Waals surface area contributed by atoms with Crippen molar-refractivity contribution in [1.82, 2.24) is 4.98 Å². The van der Waals surface area contributed by atoms with E-state index in [1.54, 1.807) is 12.3 Å². The topological polar surface area (TPSA) is 54.1 Å². The summed E-state index contributed by atoms with van der Waals surface area (Å²) in [4.78, 5) is 14.3. The van der Waals surface area contributed by atoms with E-state index >= 15 is 0 Å². The molecule has 0 spiro atoms. The molecule has 0 aliphatic heterocycles. The van der Waals surface area contributed by atoms with E-state index in [0.29, 0.717) is 27.7 Å². The first-order valence-electron chi connectivity index (χ1n) is 6.01. The summed E-state index contributed by atoms with van der Waals surface area (Å²) in [5, 5.41) is 3.19. The maximum Gasteiger partial charge on any atom is 0.411 e. The average Bonchev–Trinajstić information content (AvgIpc) is 2.73. The number of aromatic amines is 1. The van der Waals surface area contributed by atoms with Gasteiger partial charge in [0.25, 0.3) is 0 Å². The number of aromatic nitrogens is 1.